The Labute approximate surface area is 96.6 Å². The van der Waals surface area contributed by atoms with Gasteiger partial charge in [-0.1, -0.05) is 37.3 Å². The number of nitrogens with two attached hydrogens (primary N) is 1. The topological polar surface area (TPSA) is 64.9 Å². The van der Waals surface area contributed by atoms with Crippen LogP contribution >= 0.6 is 0 Å². The molecule has 1 aromatic rings. The van der Waals surface area contributed by atoms with Gasteiger partial charge in [0.05, 0.1) is 6.04 Å². The Balaban J connectivity index is 1.79. The highest BCUT2D eigenvalue weighted by Gasteiger charge is 2.15. The van der Waals surface area contributed by atoms with E-state index in [9.17, 15) is 0 Å². The lowest BCUT2D eigenvalue weighted by atomic mass is 9.86. The van der Waals surface area contributed by atoms with Gasteiger partial charge in [0.2, 0.25) is 5.89 Å². The van der Waals surface area contributed by atoms with Crippen LogP contribution in [0, 0.1) is 5.92 Å². The summed E-state index contributed by atoms with van der Waals surface area (Å²) in [5, 5.41) is 3.87. The Hall–Kier alpha value is -0.900. The van der Waals surface area contributed by atoms with Crippen LogP contribution in [-0.4, -0.2) is 10.1 Å². The fourth-order valence-corrected chi connectivity index (χ4v) is 2.36. The minimum Gasteiger partial charge on any atom is -0.339 e. The van der Waals surface area contributed by atoms with Crippen LogP contribution in [0.1, 0.15) is 63.2 Å². The Bertz CT molecular complexity index is 316. The van der Waals surface area contributed by atoms with Crippen LogP contribution in [0.2, 0.25) is 0 Å². The van der Waals surface area contributed by atoms with Crippen LogP contribution in [0.15, 0.2) is 4.52 Å². The van der Waals surface area contributed by atoms with Crippen molar-refractivity contribution in [1.29, 1.82) is 0 Å². The van der Waals surface area contributed by atoms with Gasteiger partial charge in [-0.3, -0.25) is 0 Å². The van der Waals surface area contributed by atoms with Crippen LogP contribution in [0.25, 0.3) is 0 Å². The normalized spacial score (nSPS) is 19.9. The van der Waals surface area contributed by atoms with Gasteiger partial charge in [-0.2, -0.15) is 4.98 Å². The number of nitrogens with zero attached hydrogens (tertiary/aromatic N) is 2. The molecule has 0 aliphatic heterocycles. The van der Waals surface area contributed by atoms with Gasteiger partial charge in [-0.15, -0.1) is 0 Å². The first kappa shape index (κ1) is 11.6. The van der Waals surface area contributed by atoms with E-state index in [0.29, 0.717) is 5.82 Å². The summed E-state index contributed by atoms with van der Waals surface area (Å²) in [7, 11) is 0. The molecule has 4 heteroatoms. The Kier molecular flexibility index (Phi) is 3.93. The van der Waals surface area contributed by atoms with Gasteiger partial charge in [0.25, 0.3) is 0 Å². The molecule has 1 unspecified atom stereocenters. The molecule has 4 nitrogen and oxygen atoms in total. The van der Waals surface area contributed by atoms with Crippen LogP contribution in [0.4, 0.5) is 0 Å². The van der Waals surface area contributed by atoms with E-state index in [-0.39, 0.29) is 6.04 Å². The summed E-state index contributed by atoms with van der Waals surface area (Å²) in [6.45, 7) is 1.87. The number of aryl methyl sites for hydroxylation is 1. The van der Waals surface area contributed by atoms with Gasteiger partial charge in [0.1, 0.15) is 0 Å². The first-order valence-corrected chi connectivity index (χ1v) is 6.34. The molecule has 0 bridgehead atoms. The van der Waals surface area contributed by atoms with Gasteiger partial charge in [0.15, 0.2) is 5.82 Å². The molecule has 16 heavy (non-hydrogen) atoms. The molecule has 0 spiro atoms. The molecule has 1 atom stereocenters. The molecule has 1 aliphatic rings. The zero-order valence-electron chi connectivity index (χ0n) is 9.98. The summed E-state index contributed by atoms with van der Waals surface area (Å²) in [6.07, 6.45) is 9.01. The van der Waals surface area contributed by atoms with Gasteiger partial charge in [-0.25, -0.2) is 0 Å². The summed E-state index contributed by atoms with van der Waals surface area (Å²) in [4.78, 5) is 4.29. The summed E-state index contributed by atoms with van der Waals surface area (Å²) in [6, 6.07) is -0.132. The Morgan fingerprint density at radius 3 is 2.75 bits per heavy atom. The first-order valence-electron chi connectivity index (χ1n) is 6.34. The molecule has 0 amide bonds. The van der Waals surface area contributed by atoms with Crippen LogP contribution in [0.5, 0.6) is 0 Å². The van der Waals surface area contributed by atoms with Crippen molar-refractivity contribution in [3.05, 3.63) is 11.7 Å². The van der Waals surface area contributed by atoms with Crippen LogP contribution in [-0.2, 0) is 6.42 Å². The summed E-state index contributed by atoms with van der Waals surface area (Å²) >= 11 is 0. The standard InChI is InChI=1S/C12H21N3O/c1-9(13)12-14-11(16-15-12)8-7-10-5-3-2-4-6-10/h9-10H,2-8,13H2,1H3. The summed E-state index contributed by atoms with van der Waals surface area (Å²) < 4.78 is 5.18. The molecule has 0 saturated heterocycles. The average Bonchev–Trinajstić information content (AvgIpc) is 2.76. The largest absolute Gasteiger partial charge is 0.339 e. The molecule has 1 fully saturated rings. The molecule has 0 radical (unpaired) electrons. The Morgan fingerprint density at radius 1 is 1.38 bits per heavy atom. The molecule has 2 N–H and O–H groups in total. The fraction of sp³-hybridized carbons (Fsp3) is 0.833. The minimum absolute atomic E-state index is 0.132. The maximum absolute atomic E-state index is 5.68. The van der Waals surface area contributed by atoms with Crippen molar-refractivity contribution in [2.45, 2.75) is 57.9 Å². The number of hydrogen-bond donors (Lipinski definition) is 1. The monoisotopic (exact) mass is 223 g/mol. The van der Waals surface area contributed by atoms with Crippen molar-refractivity contribution in [2.24, 2.45) is 11.7 Å². The highest BCUT2D eigenvalue weighted by atomic mass is 16.5. The van der Waals surface area contributed by atoms with Crippen LogP contribution < -0.4 is 5.73 Å². The van der Waals surface area contributed by atoms with E-state index in [1.807, 2.05) is 6.92 Å². The van der Waals surface area contributed by atoms with Gasteiger partial charge in [0, 0.05) is 6.42 Å². The number of rotatable bonds is 4. The first-order chi connectivity index (χ1) is 7.75. The van der Waals surface area contributed by atoms with Crippen molar-refractivity contribution in [1.82, 2.24) is 10.1 Å². The SMILES string of the molecule is CC(N)c1noc(CCC2CCCCC2)n1. The lowest BCUT2D eigenvalue weighted by molar-refractivity contribution is 0.313. The maximum atomic E-state index is 5.68. The quantitative estimate of drug-likeness (QED) is 0.852. The fourth-order valence-electron chi connectivity index (χ4n) is 2.36. The predicted octanol–water partition coefficient (Wildman–Crippen LogP) is 2.60. The number of aromatic nitrogens is 2. The van der Waals surface area contributed by atoms with E-state index >= 15 is 0 Å². The molecule has 0 aromatic carbocycles. The third kappa shape index (κ3) is 3.04. The van der Waals surface area contributed by atoms with Crippen LogP contribution in [0.3, 0.4) is 0 Å². The maximum Gasteiger partial charge on any atom is 0.226 e. The second-order valence-corrected chi connectivity index (χ2v) is 4.88. The third-order valence-corrected chi connectivity index (χ3v) is 3.38. The van der Waals surface area contributed by atoms with Gasteiger partial charge in [-0.05, 0) is 19.3 Å². The number of hydrogen-bond acceptors (Lipinski definition) is 4. The van der Waals surface area contributed by atoms with E-state index in [1.54, 1.807) is 0 Å². The summed E-state index contributed by atoms with van der Waals surface area (Å²) in [5.74, 6) is 2.23. The average molecular weight is 223 g/mol. The summed E-state index contributed by atoms with van der Waals surface area (Å²) in [5.41, 5.74) is 5.68. The lowest BCUT2D eigenvalue weighted by Crippen LogP contribution is -2.08. The second kappa shape index (κ2) is 5.43. The van der Waals surface area contributed by atoms with Crippen molar-refractivity contribution in [2.75, 3.05) is 0 Å². The predicted molar refractivity (Wildman–Crippen MR) is 61.8 cm³/mol. The highest BCUT2D eigenvalue weighted by Crippen LogP contribution is 2.27. The van der Waals surface area contributed by atoms with Gasteiger partial charge >= 0.3 is 0 Å². The third-order valence-electron chi connectivity index (χ3n) is 3.38. The van der Waals surface area contributed by atoms with E-state index < -0.39 is 0 Å². The van der Waals surface area contributed by atoms with Crippen molar-refractivity contribution >= 4 is 0 Å². The molecule has 2 rings (SSSR count). The van der Waals surface area contributed by atoms with Crippen molar-refractivity contribution < 1.29 is 4.52 Å². The molecule has 1 aromatic heterocycles. The van der Waals surface area contributed by atoms with Crippen molar-refractivity contribution in [3.63, 3.8) is 0 Å². The second-order valence-electron chi connectivity index (χ2n) is 4.88. The highest BCUT2D eigenvalue weighted by molar-refractivity contribution is 4.91. The van der Waals surface area contributed by atoms with Gasteiger partial charge < -0.3 is 10.3 Å². The van der Waals surface area contributed by atoms with Crippen molar-refractivity contribution in [3.8, 4) is 0 Å². The molecular formula is C12H21N3O. The van der Waals surface area contributed by atoms with E-state index in [0.717, 1.165) is 18.2 Å². The molecule has 1 aliphatic carbocycles. The molecule has 90 valence electrons. The van der Waals surface area contributed by atoms with E-state index in [4.69, 9.17) is 10.3 Å². The molecular weight excluding hydrogens is 202 g/mol. The Morgan fingerprint density at radius 2 is 2.12 bits per heavy atom. The zero-order chi connectivity index (χ0) is 11.4. The molecule has 1 heterocycles. The minimum atomic E-state index is -0.132. The smallest absolute Gasteiger partial charge is 0.226 e. The zero-order valence-corrected chi connectivity index (χ0v) is 9.98. The molecule has 1 saturated carbocycles. The van der Waals surface area contributed by atoms with E-state index in [1.165, 1.54) is 38.5 Å². The van der Waals surface area contributed by atoms with E-state index in [2.05, 4.69) is 10.1 Å². The lowest BCUT2D eigenvalue weighted by Gasteiger charge is -2.20.